The highest BCUT2D eigenvalue weighted by Crippen LogP contribution is 2.26. The van der Waals surface area contributed by atoms with Gasteiger partial charge in [0.2, 0.25) is 0 Å². The van der Waals surface area contributed by atoms with E-state index in [9.17, 15) is 0 Å². The predicted molar refractivity (Wildman–Crippen MR) is 73.6 cm³/mol. The second kappa shape index (κ2) is 7.48. The molecule has 1 rings (SSSR count). The zero-order chi connectivity index (χ0) is 12.0. The van der Waals surface area contributed by atoms with Gasteiger partial charge in [0.1, 0.15) is 5.76 Å². The fourth-order valence-corrected chi connectivity index (χ4v) is 2.13. The van der Waals surface area contributed by atoms with E-state index in [1.54, 1.807) is 0 Å². The standard InChI is InChI=1S/C11H18Br2N2O/c1-3-15(4-2)6-5-14-8-9-7-10(12)11(13)16-9/h7,14H,3-6,8H2,1-2H3. The Bertz CT molecular complexity index is 291. The van der Waals surface area contributed by atoms with Gasteiger partial charge < -0.3 is 14.6 Å². The van der Waals surface area contributed by atoms with Crippen LogP contribution >= 0.6 is 31.9 Å². The molecular formula is C11H18Br2N2O. The van der Waals surface area contributed by atoms with Crippen molar-refractivity contribution in [2.24, 2.45) is 0 Å². The molecule has 1 N–H and O–H groups in total. The topological polar surface area (TPSA) is 28.4 Å². The van der Waals surface area contributed by atoms with Crippen molar-refractivity contribution in [3.05, 3.63) is 21.0 Å². The van der Waals surface area contributed by atoms with Crippen molar-refractivity contribution in [1.29, 1.82) is 0 Å². The first kappa shape index (κ1) is 14.2. The van der Waals surface area contributed by atoms with Crippen LogP contribution < -0.4 is 5.32 Å². The molecule has 0 fully saturated rings. The van der Waals surface area contributed by atoms with E-state index in [2.05, 4.69) is 55.9 Å². The summed E-state index contributed by atoms with van der Waals surface area (Å²) >= 11 is 6.72. The number of furan rings is 1. The van der Waals surface area contributed by atoms with Crippen LogP contribution in [0.5, 0.6) is 0 Å². The molecule has 1 aromatic heterocycles. The van der Waals surface area contributed by atoms with E-state index < -0.39 is 0 Å². The molecule has 0 atom stereocenters. The van der Waals surface area contributed by atoms with Crippen molar-refractivity contribution in [3.63, 3.8) is 0 Å². The van der Waals surface area contributed by atoms with Crippen LogP contribution in [0.15, 0.2) is 19.6 Å². The first-order chi connectivity index (χ1) is 7.67. The minimum Gasteiger partial charge on any atom is -0.452 e. The molecule has 0 radical (unpaired) electrons. The van der Waals surface area contributed by atoms with Crippen LogP contribution in [0.2, 0.25) is 0 Å². The van der Waals surface area contributed by atoms with E-state index in [1.165, 1.54) is 0 Å². The van der Waals surface area contributed by atoms with Crippen LogP contribution in [0, 0.1) is 0 Å². The maximum atomic E-state index is 5.47. The minimum absolute atomic E-state index is 0.757. The Morgan fingerprint density at radius 2 is 2.00 bits per heavy atom. The van der Waals surface area contributed by atoms with E-state index >= 15 is 0 Å². The number of nitrogens with zero attached hydrogens (tertiary/aromatic N) is 1. The molecule has 0 saturated heterocycles. The van der Waals surface area contributed by atoms with Crippen LogP contribution in [0.25, 0.3) is 0 Å². The zero-order valence-electron chi connectivity index (χ0n) is 9.72. The molecule has 16 heavy (non-hydrogen) atoms. The molecule has 0 aliphatic carbocycles. The van der Waals surface area contributed by atoms with Gasteiger partial charge in [-0.3, -0.25) is 0 Å². The Morgan fingerprint density at radius 3 is 2.50 bits per heavy atom. The summed E-state index contributed by atoms with van der Waals surface area (Å²) in [5.74, 6) is 0.943. The van der Waals surface area contributed by atoms with Gasteiger partial charge in [-0.25, -0.2) is 0 Å². The molecule has 0 aliphatic heterocycles. The lowest BCUT2D eigenvalue weighted by Crippen LogP contribution is -2.31. The summed E-state index contributed by atoms with van der Waals surface area (Å²) in [7, 11) is 0. The maximum absolute atomic E-state index is 5.47. The van der Waals surface area contributed by atoms with Crippen LogP contribution in [0.4, 0.5) is 0 Å². The summed E-state index contributed by atoms with van der Waals surface area (Å²) in [4.78, 5) is 2.39. The Kier molecular flexibility index (Phi) is 6.65. The molecule has 5 heteroatoms. The number of rotatable bonds is 7. The summed E-state index contributed by atoms with van der Waals surface area (Å²) in [6, 6.07) is 1.98. The molecule has 0 amide bonds. The number of hydrogen-bond acceptors (Lipinski definition) is 3. The minimum atomic E-state index is 0.757. The molecular weight excluding hydrogens is 336 g/mol. The Hall–Kier alpha value is 0.160. The first-order valence-corrected chi connectivity index (χ1v) is 7.12. The van der Waals surface area contributed by atoms with E-state index in [0.717, 1.165) is 47.6 Å². The average molecular weight is 354 g/mol. The van der Waals surface area contributed by atoms with Gasteiger partial charge in [-0.15, -0.1) is 0 Å². The molecule has 0 saturated carbocycles. The van der Waals surface area contributed by atoms with E-state index in [-0.39, 0.29) is 0 Å². The lowest BCUT2D eigenvalue weighted by molar-refractivity contribution is 0.300. The third kappa shape index (κ3) is 4.57. The van der Waals surface area contributed by atoms with Gasteiger partial charge in [0, 0.05) is 13.1 Å². The van der Waals surface area contributed by atoms with Gasteiger partial charge in [0.15, 0.2) is 4.67 Å². The van der Waals surface area contributed by atoms with E-state index in [4.69, 9.17) is 4.42 Å². The molecule has 3 nitrogen and oxygen atoms in total. The highest BCUT2D eigenvalue weighted by Gasteiger charge is 2.05. The monoisotopic (exact) mass is 352 g/mol. The first-order valence-electron chi connectivity index (χ1n) is 5.54. The molecule has 0 bridgehead atoms. The molecule has 0 spiro atoms. The summed E-state index contributed by atoms with van der Waals surface area (Å²) in [5.41, 5.74) is 0. The molecule has 1 aromatic rings. The van der Waals surface area contributed by atoms with Crippen LogP contribution in [-0.2, 0) is 6.54 Å². The van der Waals surface area contributed by atoms with Crippen molar-refractivity contribution in [3.8, 4) is 0 Å². The second-order valence-electron chi connectivity index (χ2n) is 3.54. The van der Waals surface area contributed by atoms with E-state index in [0.29, 0.717) is 0 Å². The molecule has 0 aromatic carbocycles. The predicted octanol–water partition coefficient (Wildman–Crippen LogP) is 3.24. The lowest BCUT2D eigenvalue weighted by atomic mass is 10.4. The van der Waals surface area contributed by atoms with Crippen molar-refractivity contribution in [1.82, 2.24) is 10.2 Å². The van der Waals surface area contributed by atoms with Gasteiger partial charge in [0.25, 0.3) is 0 Å². The van der Waals surface area contributed by atoms with Gasteiger partial charge in [-0.05, 0) is 51.0 Å². The average Bonchev–Trinajstić information content (AvgIpc) is 2.59. The third-order valence-electron chi connectivity index (χ3n) is 2.49. The maximum Gasteiger partial charge on any atom is 0.183 e. The van der Waals surface area contributed by atoms with Crippen LogP contribution in [0.3, 0.4) is 0 Å². The highest BCUT2D eigenvalue weighted by molar-refractivity contribution is 9.13. The number of likely N-dealkylation sites (N-methyl/N-ethyl adjacent to an activating group) is 1. The molecule has 0 unspecified atom stereocenters. The number of halogens is 2. The lowest BCUT2D eigenvalue weighted by Gasteiger charge is -2.17. The second-order valence-corrected chi connectivity index (χ2v) is 5.11. The molecule has 0 aliphatic rings. The summed E-state index contributed by atoms with van der Waals surface area (Å²) in [5, 5.41) is 3.36. The van der Waals surface area contributed by atoms with Gasteiger partial charge in [-0.2, -0.15) is 0 Å². The van der Waals surface area contributed by atoms with Crippen molar-refractivity contribution in [2.75, 3.05) is 26.2 Å². The number of hydrogen-bond donors (Lipinski definition) is 1. The van der Waals surface area contributed by atoms with Gasteiger partial charge in [0.05, 0.1) is 11.0 Å². The molecule has 92 valence electrons. The van der Waals surface area contributed by atoms with E-state index in [1.807, 2.05) is 6.07 Å². The highest BCUT2D eigenvalue weighted by atomic mass is 79.9. The van der Waals surface area contributed by atoms with Gasteiger partial charge >= 0.3 is 0 Å². The Balaban J connectivity index is 2.20. The van der Waals surface area contributed by atoms with Crippen molar-refractivity contribution < 1.29 is 4.42 Å². The Labute approximate surface area is 114 Å². The Morgan fingerprint density at radius 1 is 1.31 bits per heavy atom. The third-order valence-corrected chi connectivity index (χ3v) is 4.20. The zero-order valence-corrected chi connectivity index (χ0v) is 12.9. The van der Waals surface area contributed by atoms with Gasteiger partial charge in [-0.1, -0.05) is 13.8 Å². The normalized spacial score (nSPS) is 11.3. The van der Waals surface area contributed by atoms with Crippen LogP contribution in [-0.4, -0.2) is 31.1 Å². The quantitative estimate of drug-likeness (QED) is 0.763. The van der Waals surface area contributed by atoms with Crippen molar-refractivity contribution >= 4 is 31.9 Å². The summed E-state index contributed by atoms with van der Waals surface area (Å²) in [6.45, 7) is 9.42. The smallest absolute Gasteiger partial charge is 0.183 e. The SMILES string of the molecule is CCN(CC)CCNCc1cc(Br)c(Br)o1. The summed E-state index contributed by atoms with van der Waals surface area (Å²) in [6.07, 6.45) is 0. The fraction of sp³-hybridized carbons (Fsp3) is 0.636. The molecule has 1 heterocycles. The number of nitrogens with one attached hydrogen (secondary N) is 1. The van der Waals surface area contributed by atoms with Crippen LogP contribution in [0.1, 0.15) is 19.6 Å². The summed E-state index contributed by atoms with van der Waals surface area (Å²) < 4.78 is 7.19. The van der Waals surface area contributed by atoms with Crippen molar-refractivity contribution in [2.45, 2.75) is 20.4 Å². The fourth-order valence-electron chi connectivity index (χ4n) is 1.47. The largest absolute Gasteiger partial charge is 0.452 e.